The normalized spacial score (nSPS) is 23.6. The number of hydrogen-bond acceptors (Lipinski definition) is 4. The number of hydrogen-bond donors (Lipinski definition) is 3. The molecule has 0 spiro atoms. The van der Waals surface area contributed by atoms with Crippen LogP contribution >= 0.6 is 11.6 Å². The fraction of sp³-hybridized carbons (Fsp3) is 0.667. The highest BCUT2D eigenvalue weighted by Crippen LogP contribution is 2.33. The summed E-state index contributed by atoms with van der Waals surface area (Å²) in [7, 11) is -1.12. The van der Waals surface area contributed by atoms with E-state index in [-0.39, 0.29) is 5.92 Å². The predicted molar refractivity (Wildman–Crippen MR) is 114 cm³/mol. The van der Waals surface area contributed by atoms with Gasteiger partial charge in [0.15, 0.2) is 0 Å². The maximum Gasteiger partial charge on any atom is 0.451 e. The molecule has 1 aliphatic carbocycles. The van der Waals surface area contributed by atoms with Gasteiger partial charge in [0.2, 0.25) is 0 Å². The molecule has 1 aliphatic heterocycles. The molecule has 5 nitrogen and oxygen atoms in total. The van der Waals surface area contributed by atoms with Crippen molar-refractivity contribution < 1.29 is 19.9 Å². The fourth-order valence-electron chi connectivity index (χ4n) is 4.27. The Bertz CT molecular complexity index is 591. The van der Waals surface area contributed by atoms with Crippen molar-refractivity contribution in [1.29, 1.82) is 0 Å². The first-order valence-electron chi connectivity index (χ1n) is 10.5. The minimum Gasteiger partial charge on any atom is -0.481 e. The number of aliphatic carboxylic acids is 1. The lowest BCUT2D eigenvalue weighted by Gasteiger charge is -2.37. The molecular weight excluding hydrogens is 376 g/mol. The lowest BCUT2D eigenvalue weighted by molar-refractivity contribution is -0.145. The zero-order valence-electron chi connectivity index (χ0n) is 16.8. The lowest BCUT2D eigenvalue weighted by Crippen LogP contribution is -2.41. The minimum absolute atomic E-state index is 0.127. The van der Waals surface area contributed by atoms with Gasteiger partial charge in [-0.1, -0.05) is 43.5 Å². The predicted octanol–water partition coefficient (Wildman–Crippen LogP) is 3.89. The van der Waals surface area contributed by atoms with Gasteiger partial charge in [-0.3, -0.25) is 4.79 Å². The topological polar surface area (TPSA) is 81.0 Å². The molecule has 156 valence electrons. The highest BCUT2D eigenvalue weighted by atomic mass is 35.5. The van der Waals surface area contributed by atoms with Crippen LogP contribution < -0.4 is 0 Å². The van der Waals surface area contributed by atoms with E-state index in [0.29, 0.717) is 18.2 Å². The smallest absolute Gasteiger partial charge is 0.451 e. The van der Waals surface area contributed by atoms with Crippen molar-refractivity contribution in [3.05, 3.63) is 34.9 Å². The van der Waals surface area contributed by atoms with Crippen molar-refractivity contribution in [3.63, 3.8) is 0 Å². The maximum absolute atomic E-state index is 11.4. The first kappa shape index (κ1) is 23.2. The van der Waals surface area contributed by atoms with E-state index in [1.54, 1.807) is 6.92 Å². The Morgan fingerprint density at radius 2 is 1.68 bits per heavy atom. The molecule has 3 rings (SSSR count). The molecule has 2 aliphatic rings. The summed E-state index contributed by atoms with van der Waals surface area (Å²) in [6, 6.07) is 8.24. The van der Waals surface area contributed by atoms with Gasteiger partial charge in [-0.2, -0.15) is 0 Å². The number of carboxylic acid groups (broad SMARTS) is 1. The summed E-state index contributed by atoms with van der Waals surface area (Å²) in [4.78, 5) is 13.9. The molecular formula is C21H33BClNO4. The van der Waals surface area contributed by atoms with Crippen LogP contribution in [0, 0.1) is 11.8 Å². The number of nitrogens with zero attached hydrogens (tertiary/aromatic N) is 1. The van der Waals surface area contributed by atoms with Crippen molar-refractivity contribution in [3.8, 4) is 0 Å². The average Bonchev–Trinajstić information content (AvgIpc) is 2.70. The van der Waals surface area contributed by atoms with Crippen LogP contribution in [0.5, 0.6) is 0 Å². The number of likely N-dealkylation sites (tertiary alicyclic amines) is 1. The Labute approximate surface area is 173 Å². The number of halogens is 1. The molecule has 2 fully saturated rings. The van der Waals surface area contributed by atoms with Gasteiger partial charge in [-0.15, -0.1) is 0 Å². The maximum atomic E-state index is 11.4. The van der Waals surface area contributed by atoms with E-state index in [9.17, 15) is 9.90 Å². The first-order chi connectivity index (χ1) is 13.4. The van der Waals surface area contributed by atoms with Crippen molar-refractivity contribution in [2.24, 2.45) is 11.8 Å². The molecule has 2 atom stereocenters. The van der Waals surface area contributed by atoms with Crippen molar-refractivity contribution in [1.82, 2.24) is 4.90 Å². The summed E-state index contributed by atoms with van der Waals surface area (Å²) < 4.78 is 0. The highest BCUT2D eigenvalue weighted by Gasteiger charge is 2.32. The number of rotatable bonds is 5. The highest BCUT2D eigenvalue weighted by molar-refractivity contribution is 6.40. The average molecular weight is 410 g/mol. The second-order valence-electron chi connectivity index (χ2n) is 8.00. The monoisotopic (exact) mass is 409 g/mol. The SMILES string of the molecule is CCB(O)O.O=C(O)[C@H]1CCCCC1CN1CCC(c2ccc(Cl)cc2)CC1. The summed E-state index contributed by atoms with van der Waals surface area (Å²) in [5.74, 6) is 0.238. The molecule has 1 saturated carbocycles. The van der Waals surface area contributed by atoms with E-state index in [0.717, 1.165) is 56.8 Å². The first-order valence-corrected chi connectivity index (χ1v) is 10.8. The largest absolute Gasteiger partial charge is 0.481 e. The van der Waals surface area contributed by atoms with Gasteiger partial charge >= 0.3 is 13.1 Å². The molecule has 1 aromatic rings. The van der Waals surface area contributed by atoms with E-state index in [1.165, 1.54) is 12.0 Å². The van der Waals surface area contributed by atoms with Crippen molar-refractivity contribution >= 4 is 24.7 Å². The van der Waals surface area contributed by atoms with Crippen LogP contribution in [-0.4, -0.2) is 52.8 Å². The van der Waals surface area contributed by atoms with E-state index in [2.05, 4.69) is 17.0 Å². The Hall–Kier alpha value is -1.08. The molecule has 1 saturated heterocycles. The second-order valence-corrected chi connectivity index (χ2v) is 8.44. The van der Waals surface area contributed by atoms with E-state index >= 15 is 0 Å². The molecule has 0 amide bonds. The number of carbonyl (C=O) groups is 1. The number of benzene rings is 1. The number of piperidine rings is 1. The van der Waals surface area contributed by atoms with Gasteiger partial charge in [0, 0.05) is 11.6 Å². The van der Waals surface area contributed by atoms with Gasteiger partial charge in [-0.25, -0.2) is 0 Å². The lowest BCUT2D eigenvalue weighted by atomic mass is 9.78. The molecule has 28 heavy (non-hydrogen) atoms. The van der Waals surface area contributed by atoms with Gasteiger partial charge in [0.05, 0.1) is 5.92 Å². The van der Waals surface area contributed by atoms with E-state index in [4.69, 9.17) is 21.6 Å². The van der Waals surface area contributed by atoms with Crippen molar-refractivity contribution in [2.45, 2.75) is 57.7 Å². The molecule has 1 unspecified atom stereocenters. The Balaban J connectivity index is 0.000000500. The van der Waals surface area contributed by atoms with E-state index in [1.807, 2.05) is 12.1 Å². The van der Waals surface area contributed by atoms with Gasteiger partial charge in [0.1, 0.15) is 0 Å². The minimum atomic E-state index is -1.12. The quantitative estimate of drug-likeness (QED) is 0.643. The van der Waals surface area contributed by atoms with Gasteiger partial charge in [-0.05, 0) is 74.6 Å². The summed E-state index contributed by atoms with van der Waals surface area (Å²) in [6.45, 7) is 4.82. The Kier molecular flexibility index (Phi) is 9.79. The summed E-state index contributed by atoms with van der Waals surface area (Å²) in [5, 5.41) is 26.0. The Morgan fingerprint density at radius 3 is 2.21 bits per heavy atom. The molecule has 0 radical (unpaired) electrons. The summed E-state index contributed by atoms with van der Waals surface area (Å²) in [6.07, 6.45) is 6.94. The molecule has 0 aromatic heterocycles. The fourth-order valence-corrected chi connectivity index (χ4v) is 4.39. The van der Waals surface area contributed by atoms with E-state index < -0.39 is 13.1 Å². The van der Waals surface area contributed by atoms with Crippen LogP contribution in [0.25, 0.3) is 0 Å². The molecule has 3 N–H and O–H groups in total. The number of carboxylic acids is 1. The molecule has 7 heteroatoms. The van der Waals surface area contributed by atoms with Crippen LogP contribution in [0.2, 0.25) is 11.3 Å². The molecule has 1 aromatic carbocycles. The molecule has 1 heterocycles. The summed E-state index contributed by atoms with van der Waals surface area (Å²) in [5.41, 5.74) is 1.38. The Morgan fingerprint density at radius 1 is 1.11 bits per heavy atom. The zero-order chi connectivity index (χ0) is 20.5. The van der Waals surface area contributed by atoms with Crippen LogP contribution in [0.4, 0.5) is 0 Å². The third-order valence-corrected chi connectivity index (χ3v) is 6.27. The van der Waals surface area contributed by atoms with Crippen LogP contribution in [0.15, 0.2) is 24.3 Å². The molecule has 0 bridgehead atoms. The zero-order valence-corrected chi connectivity index (χ0v) is 17.5. The third kappa shape index (κ3) is 7.39. The van der Waals surface area contributed by atoms with Crippen molar-refractivity contribution in [2.75, 3.05) is 19.6 Å². The third-order valence-electron chi connectivity index (χ3n) is 6.01. The van der Waals surface area contributed by atoms with Gasteiger partial charge < -0.3 is 20.1 Å². The van der Waals surface area contributed by atoms with Gasteiger partial charge in [0.25, 0.3) is 0 Å². The van der Waals surface area contributed by atoms with Crippen LogP contribution in [0.1, 0.15) is 56.9 Å². The second kappa shape index (κ2) is 11.8. The summed E-state index contributed by atoms with van der Waals surface area (Å²) >= 11 is 5.97. The van der Waals surface area contributed by atoms with Crippen LogP contribution in [-0.2, 0) is 4.79 Å². The van der Waals surface area contributed by atoms with Crippen LogP contribution in [0.3, 0.4) is 0 Å². The standard InChI is InChI=1S/C19H26ClNO2.C2H7BO2/c20-17-7-5-14(6-8-17)15-9-11-21(12-10-15)13-16-3-1-2-4-18(16)19(22)23;1-2-3(4)5/h5-8,15-16,18H,1-4,9-13H2,(H,22,23);4-5H,2H2,1H3/t16?,18-;/m0./s1.